The summed E-state index contributed by atoms with van der Waals surface area (Å²) in [6.45, 7) is 7.67. The Labute approximate surface area is 102 Å². The molecule has 1 fully saturated rings. The van der Waals surface area contributed by atoms with Crippen LogP contribution in [0.4, 0.5) is 5.69 Å². The molecule has 1 unspecified atom stereocenters. The number of benzene rings is 1. The molecular formula is C15H17NO. The van der Waals surface area contributed by atoms with Gasteiger partial charge < -0.3 is 4.90 Å². The second kappa shape index (κ2) is 5.00. The van der Waals surface area contributed by atoms with E-state index in [1.807, 2.05) is 30.4 Å². The van der Waals surface area contributed by atoms with Crippen molar-refractivity contribution in [3.8, 4) is 0 Å². The molecule has 0 spiro atoms. The fourth-order valence-electron chi connectivity index (χ4n) is 2.37. The maximum Gasteiger partial charge on any atom is 0.137 e. The van der Waals surface area contributed by atoms with Crippen molar-refractivity contribution >= 4 is 11.5 Å². The molecule has 1 aliphatic rings. The lowest BCUT2D eigenvalue weighted by Crippen LogP contribution is -2.48. The monoisotopic (exact) mass is 227 g/mol. The van der Waals surface area contributed by atoms with E-state index in [4.69, 9.17) is 0 Å². The Morgan fingerprint density at radius 3 is 2.06 bits per heavy atom. The molecule has 1 heterocycles. The molecule has 2 nitrogen and oxygen atoms in total. The molecule has 0 N–H and O–H groups in total. The number of Topliss-reactive ketones (excluding diaryl/α,β-unsaturated/α-hetero) is 1. The molecule has 0 radical (unpaired) electrons. The first-order chi connectivity index (χ1) is 8.26. The Hall–Kier alpha value is -1.83. The number of anilines is 1. The highest BCUT2D eigenvalue weighted by molar-refractivity contribution is 5.83. The molecule has 0 amide bonds. The van der Waals surface area contributed by atoms with Gasteiger partial charge in [0.05, 0.1) is 12.1 Å². The van der Waals surface area contributed by atoms with Gasteiger partial charge >= 0.3 is 0 Å². The van der Waals surface area contributed by atoms with Crippen molar-refractivity contribution in [1.29, 1.82) is 0 Å². The van der Waals surface area contributed by atoms with Gasteiger partial charge in [-0.05, 0) is 12.1 Å². The van der Waals surface area contributed by atoms with E-state index in [2.05, 4.69) is 30.2 Å². The fraction of sp³-hybridized carbons (Fsp3) is 0.267. The smallest absolute Gasteiger partial charge is 0.137 e. The lowest BCUT2D eigenvalue weighted by molar-refractivity contribution is -0.120. The molecule has 1 saturated heterocycles. The van der Waals surface area contributed by atoms with E-state index >= 15 is 0 Å². The summed E-state index contributed by atoms with van der Waals surface area (Å²) in [7, 11) is 0. The number of carbonyl (C=O) groups is 1. The van der Waals surface area contributed by atoms with E-state index in [9.17, 15) is 4.79 Å². The zero-order chi connectivity index (χ0) is 12.3. The Morgan fingerprint density at radius 2 is 1.59 bits per heavy atom. The normalized spacial score (nSPS) is 24.5. The van der Waals surface area contributed by atoms with Crippen molar-refractivity contribution in [2.45, 2.75) is 24.9 Å². The minimum Gasteiger partial charge on any atom is -0.358 e. The number of hydrogen-bond donors (Lipinski definition) is 0. The molecule has 1 aliphatic heterocycles. The first kappa shape index (κ1) is 11.6. The predicted molar refractivity (Wildman–Crippen MR) is 71.1 cm³/mol. The lowest BCUT2D eigenvalue weighted by Gasteiger charge is -2.40. The van der Waals surface area contributed by atoms with Gasteiger partial charge in [-0.1, -0.05) is 30.4 Å². The highest BCUT2D eigenvalue weighted by Gasteiger charge is 2.31. The standard InChI is InChI=1S/C15H17NO/c1-3-12-10-15(17)11-13(4-2)16(12)14-8-6-5-7-9-14/h3-9,12-13H,1-2,10-11H2/t12-,13?/m1/s1. The van der Waals surface area contributed by atoms with Gasteiger partial charge in [0, 0.05) is 18.5 Å². The second-order valence-electron chi connectivity index (χ2n) is 4.30. The SMILES string of the molecule is C=CC1CC(=O)C[C@@H](C=C)N1c1ccccc1. The second-order valence-corrected chi connectivity index (χ2v) is 4.30. The van der Waals surface area contributed by atoms with Crippen LogP contribution in [0.3, 0.4) is 0 Å². The largest absolute Gasteiger partial charge is 0.358 e. The van der Waals surface area contributed by atoms with Crippen LogP contribution in [0.5, 0.6) is 0 Å². The summed E-state index contributed by atoms with van der Waals surface area (Å²) in [5, 5.41) is 0. The molecule has 2 rings (SSSR count). The van der Waals surface area contributed by atoms with Crippen LogP contribution < -0.4 is 4.90 Å². The Bertz CT molecular complexity index is 404. The summed E-state index contributed by atoms with van der Waals surface area (Å²) in [5.41, 5.74) is 1.12. The highest BCUT2D eigenvalue weighted by atomic mass is 16.1. The van der Waals surface area contributed by atoms with Gasteiger partial charge in [-0.25, -0.2) is 0 Å². The maximum absolute atomic E-state index is 11.7. The van der Waals surface area contributed by atoms with Gasteiger partial charge in [-0.2, -0.15) is 0 Å². The van der Waals surface area contributed by atoms with Gasteiger partial charge in [0.2, 0.25) is 0 Å². The van der Waals surface area contributed by atoms with E-state index in [-0.39, 0.29) is 17.9 Å². The predicted octanol–water partition coefficient (Wildman–Crippen LogP) is 2.97. The van der Waals surface area contributed by atoms with Crippen LogP contribution in [0.1, 0.15) is 12.8 Å². The van der Waals surface area contributed by atoms with Crippen molar-refractivity contribution < 1.29 is 4.79 Å². The molecular weight excluding hydrogens is 210 g/mol. The van der Waals surface area contributed by atoms with Crippen LogP contribution in [-0.4, -0.2) is 17.9 Å². The van der Waals surface area contributed by atoms with Crippen LogP contribution in [0, 0.1) is 0 Å². The quantitative estimate of drug-likeness (QED) is 0.740. The summed E-state index contributed by atoms with van der Waals surface area (Å²) in [5.74, 6) is 0.284. The van der Waals surface area contributed by atoms with Gasteiger partial charge in [0.15, 0.2) is 0 Å². The number of piperidine rings is 1. The summed E-state index contributed by atoms with van der Waals surface area (Å²) >= 11 is 0. The summed E-state index contributed by atoms with van der Waals surface area (Å²) < 4.78 is 0. The molecule has 2 heteroatoms. The van der Waals surface area contributed by atoms with E-state index in [1.54, 1.807) is 0 Å². The van der Waals surface area contributed by atoms with Crippen molar-refractivity contribution in [3.05, 3.63) is 55.6 Å². The van der Waals surface area contributed by atoms with Crippen LogP contribution in [0.25, 0.3) is 0 Å². The van der Waals surface area contributed by atoms with Crippen LogP contribution in [0.15, 0.2) is 55.6 Å². The zero-order valence-corrected chi connectivity index (χ0v) is 9.88. The van der Waals surface area contributed by atoms with Crippen LogP contribution in [-0.2, 0) is 4.79 Å². The highest BCUT2D eigenvalue weighted by Crippen LogP contribution is 2.28. The summed E-state index contributed by atoms with van der Waals surface area (Å²) in [4.78, 5) is 13.9. The van der Waals surface area contributed by atoms with E-state index in [0.29, 0.717) is 12.8 Å². The molecule has 0 saturated carbocycles. The van der Waals surface area contributed by atoms with E-state index < -0.39 is 0 Å². The Kier molecular flexibility index (Phi) is 3.43. The molecule has 1 aromatic rings. The molecule has 1 aromatic carbocycles. The topological polar surface area (TPSA) is 20.3 Å². The number of hydrogen-bond acceptors (Lipinski definition) is 2. The number of carbonyl (C=O) groups excluding carboxylic acids is 1. The van der Waals surface area contributed by atoms with Gasteiger partial charge in [0.25, 0.3) is 0 Å². The third-order valence-corrected chi connectivity index (χ3v) is 3.19. The van der Waals surface area contributed by atoms with E-state index in [1.165, 1.54) is 0 Å². The Balaban J connectivity index is 2.36. The minimum absolute atomic E-state index is 0.0710. The molecule has 0 bridgehead atoms. The van der Waals surface area contributed by atoms with Crippen molar-refractivity contribution in [1.82, 2.24) is 0 Å². The number of ketones is 1. The molecule has 0 aromatic heterocycles. The minimum atomic E-state index is 0.0710. The van der Waals surface area contributed by atoms with Crippen molar-refractivity contribution in [2.24, 2.45) is 0 Å². The van der Waals surface area contributed by atoms with Gasteiger partial charge in [-0.15, -0.1) is 13.2 Å². The average molecular weight is 227 g/mol. The van der Waals surface area contributed by atoms with Gasteiger partial charge in [-0.3, -0.25) is 4.79 Å². The van der Waals surface area contributed by atoms with Crippen LogP contribution in [0.2, 0.25) is 0 Å². The molecule has 88 valence electrons. The molecule has 0 aliphatic carbocycles. The van der Waals surface area contributed by atoms with Gasteiger partial charge in [0.1, 0.15) is 5.78 Å². The van der Waals surface area contributed by atoms with Crippen molar-refractivity contribution in [3.63, 3.8) is 0 Å². The zero-order valence-electron chi connectivity index (χ0n) is 9.88. The third-order valence-electron chi connectivity index (χ3n) is 3.19. The fourth-order valence-corrected chi connectivity index (χ4v) is 2.37. The maximum atomic E-state index is 11.7. The first-order valence-corrected chi connectivity index (χ1v) is 5.86. The number of rotatable bonds is 3. The third kappa shape index (κ3) is 2.31. The molecule has 2 atom stereocenters. The molecule has 17 heavy (non-hydrogen) atoms. The lowest BCUT2D eigenvalue weighted by atomic mass is 9.93. The van der Waals surface area contributed by atoms with E-state index in [0.717, 1.165) is 5.69 Å². The average Bonchev–Trinajstić information content (AvgIpc) is 2.38. The number of para-hydroxylation sites is 1. The summed E-state index contributed by atoms with van der Waals surface area (Å²) in [6.07, 6.45) is 4.78. The number of nitrogens with zero attached hydrogens (tertiary/aromatic N) is 1. The van der Waals surface area contributed by atoms with Crippen molar-refractivity contribution in [2.75, 3.05) is 4.90 Å². The first-order valence-electron chi connectivity index (χ1n) is 5.86. The Morgan fingerprint density at radius 1 is 1.06 bits per heavy atom. The summed E-state index contributed by atoms with van der Waals surface area (Å²) in [6, 6.07) is 10.3. The van der Waals surface area contributed by atoms with Crippen LogP contribution >= 0.6 is 0 Å².